The van der Waals surface area contributed by atoms with Gasteiger partial charge in [-0.15, -0.1) is 0 Å². The molecule has 8 atom stereocenters. The highest BCUT2D eigenvalue weighted by Gasteiger charge is 2.86. The average Bonchev–Trinajstić information content (AvgIpc) is 3.33. The van der Waals surface area contributed by atoms with Gasteiger partial charge in [0.2, 0.25) is 29.4 Å². The van der Waals surface area contributed by atoms with E-state index in [1.54, 1.807) is 6.08 Å². The topological polar surface area (TPSA) is 220 Å². The first-order valence-corrected chi connectivity index (χ1v) is 18.0. The van der Waals surface area contributed by atoms with E-state index in [9.17, 15) is 49.2 Å². The molecule has 2 bridgehead atoms. The van der Waals surface area contributed by atoms with Crippen molar-refractivity contribution in [1.29, 1.82) is 0 Å². The molecule has 0 aliphatic carbocycles. The molecule has 0 amide bonds. The van der Waals surface area contributed by atoms with Crippen LogP contribution < -0.4 is 0 Å². The summed E-state index contributed by atoms with van der Waals surface area (Å²) in [4.78, 5) is 77.1. The second-order valence-corrected chi connectivity index (χ2v) is 14.1. The van der Waals surface area contributed by atoms with Crippen molar-refractivity contribution in [3.8, 4) is 0 Å². The summed E-state index contributed by atoms with van der Waals surface area (Å²) < 4.78 is 21.9. The minimum atomic E-state index is -3.93. The van der Waals surface area contributed by atoms with Crippen LogP contribution in [-0.4, -0.2) is 91.4 Å². The highest BCUT2D eigenvalue weighted by atomic mass is 16.8. The number of Topliss-reactive ketones (excluding diaryl/α,β-unsaturated/α-hetero) is 1. The Hall–Kier alpha value is -4.92. The summed E-state index contributed by atoms with van der Waals surface area (Å²) in [5.74, 6) is -12.7. The summed E-state index contributed by atoms with van der Waals surface area (Å²) in [7, 11) is 0. The normalized spacial score (nSPS) is 26.5. The standard InChI is InChI=1S/C40H48O14/c1-25(15-12-20-28-16-6-4-7-17-28)14-10-11-22-31(42)52-33-32(43)38(53-34(35(44)45)39(50,36(46)47)40(33,54-38)37(48)49)23-13-21-30(51-27(3)41)26(2)24-29-18-8-5-9-19-29/h4-10,14,16-19,25-26,30,33-34,50H,11-13,15,20-24H2,1-3H3,(H,44,45)(H,46,47)(H,48,49)/b14-10+/t25?,26?,30?,33-,34?,38?,39?,40?/m1/s1. The molecule has 2 aromatic carbocycles. The number of hydrogen-bond acceptors (Lipinski definition) is 11. The fourth-order valence-electron chi connectivity index (χ4n) is 7.18. The number of ether oxygens (including phenoxy) is 4. The van der Waals surface area contributed by atoms with Crippen LogP contribution in [0, 0.1) is 11.8 Å². The maximum atomic E-state index is 14.1. The predicted octanol–water partition coefficient (Wildman–Crippen LogP) is 4.29. The van der Waals surface area contributed by atoms with Crippen molar-refractivity contribution >= 4 is 35.6 Å². The van der Waals surface area contributed by atoms with Crippen molar-refractivity contribution in [1.82, 2.24) is 0 Å². The van der Waals surface area contributed by atoms with Crippen molar-refractivity contribution in [3.63, 3.8) is 0 Å². The number of ketones is 1. The number of rotatable bonds is 20. The molecule has 2 aliphatic heterocycles. The first-order chi connectivity index (χ1) is 25.6. The van der Waals surface area contributed by atoms with Gasteiger partial charge in [0, 0.05) is 19.8 Å². The SMILES string of the molecule is CC(=O)OC(CCCC12OC(C(=O)O)C(O)(C(=O)O)C(C(=O)O)(O1)[C@H](OC(=O)CC/C=C/C(C)CCCc1ccccc1)C2=O)C(C)Cc1ccccc1. The van der Waals surface area contributed by atoms with E-state index in [1.165, 1.54) is 12.5 Å². The number of carbonyl (C=O) groups is 6. The molecular formula is C40H48O14. The molecule has 14 nitrogen and oxygen atoms in total. The van der Waals surface area contributed by atoms with Gasteiger partial charge in [0.05, 0.1) is 0 Å². The van der Waals surface area contributed by atoms with E-state index >= 15 is 0 Å². The number of hydrogen-bond donors (Lipinski definition) is 4. The van der Waals surface area contributed by atoms with E-state index in [0.29, 0.717) is 6.42 Å². The molecule has 292 valence electrons. The van der Waals surface area contributed by atoms with Gasteiger partial charge in [0.15, 0.2) is 0 Å². The molecule has 2 aromatic rings. The van der Waals surface area contributed by atoms with Crippen LogP contribution in [0.2, 0.25) is 0 Å². The number of allylic oxidation sites excluding steroid dienone is 2. The maximum Gasteiger partial charge on any atom is 0.344 e. The molecule has 2 saturated heterocycles. The van der Waals surface area contributed by atoms with E-state index in [4.69, 9.17) is 18.9 Å². The van der Waals surface area contributed by atoms with Gasteiger partial charge in [0.25, 0.3) is 5.60 Å². The zero-order valence-corrected chi connectivity index (χ0v) is 30.6. The van der Waals surface area contributed by atoms with Crippen molar-refractivity contribution < 1.29 is 68.1 Å². The van der Waals surface area contributed by atoms with Crippen LogP contribution in [0.4, 0.5) is 0 Å². The van der Waals surface area contributed by atoms with Gasteiger partial charge in [-0.3, -0.25) is 14.4 Å². The van der Waals surface area contributed by atoms with Crippen molar-refractivity contribution in [2.24, 2.45) is 11.8 Å². The van der Waals surface area contributed by atoms with Gasteiger partial charge in [-0.1, -0.05) is 86.7 Å². The van der Waals surface area contributed by atoms with Crippen LogP contribution in [0.3, 0.4) is 0 Å². The number of carboxylic acid groups (broad SMARTS) is 3. The number of aliphatic carboxylic acids is 3. The summed E-state index contributed by atoms with van der Waals surface area (Å²) in [5, 5.41) is 42.0. The van der Waals surface area contributed by atoms with Crippen molar-refractivity contribution in [2.75, 3.05) is 0 Å². The Morgan fingerprint density at radius 1 is 0.889 bits per heavy atom. The molecule has 2 fully saturated rings. The number of aliphatic hydroxyl groups is 1. The Balaban J connectivity index is 1.51. The Kier molecular flexibility index (Phi) is 13.9. The molecule has 2 aliphatic rings. The lowest BCUT2D eigenvalue weighted by atomic mass is 9.74. The second-order valence-electron chi connectivity index (χ2n) is 14.1. The van der Waals surface area contributed by atoms with Gasteiger partial charge >= 0.3 is 29.8 Å². The zero-order chi connectivity index (χ0) is 39.7. The second kappa shape index (κ2) is 17.9. The fourth-order valence-corrected chi connectivity index (χ4v) is 7.18. The molecular weight excluding hydrogens is 704 g/mol. The van der Waals surface area contributed by atoms with Crippen LogP contribution in [0.5, 0.6) is 0 Å². The lowest BCUT2D eigenvalue weighted by Crippen LogP contribution is -2.78. The van der Waals surface area contributed by atoms with Gasteiger partial charge < -0.3 is 39.4 Å². The third-order valence-electron chi connectivity index (χ3n) is 9.97. The fraction of sp³-hybridized carbons (Fsp3) is 0.500. The van der Waals surface area contributed by atoms with Gasteiger partial charge in [0.1, 0.15) is 6.10 Å². The molecule has 0 radical (unpaired) electrons. The Morgan fingerprint density at radius 2 is 1.52 bits per heavy atom. The molecule has 2 heterocycles. The average molecular weight is 753 g/mol. The predicted molar refractivity (Wildman–Crippen MR) is 190 cm³/mol. The Bertz CT molecular complexity index is 1690. The van der Waals surface area contributed by atoms with Crippen molar-refractivity contribution in [2.45, 2.75) is 114 Å². The summed E-state index contributed by atoms with van der Waals surface area (Å²) in [5.41, 5.74) is -5.35. The third-order valence-corrected chi connectivity index (χ3v) is 9.97. The minimum absolute atomic E-state index is 0.0673. The smallest absolute Gasteiger partial charge is 0.344 e. The summed E-state index contributed by atoms with van der Waals surface area (Å²) in [6, 6.07) is 19.4. The number of fused-ring (bicyclic) bond motifs is 2. The first kappa shape index (κ1) is 41.8. The summed E-state index contributed by atoms with van der Waals surface area (Å²) in [6.45, 7) is 5.07. The quantitative estimate of drug-likeness (QED) is 0.110. The lowest BCUT2D eigenvalue weighted by molar-refractivity contribution is -0.360. The van der Waals surface area contributed by atoms with E-state index in [0.717, 1.165) is 24.8 Å². The zero-order valence-electron chi connectivity index (χ0n) is 30.6. The molecule has 7 unspecified atom stereocenters. The number of benzene rings is 2. The number of carboxylic acids is 3. The summed E-state index contributed by atoms with van der Waals surface area (Å²) >= 11 is 0. The van der Waals surface area contributed by atoms with E-state index in [2.05, 4.69) is 12.1 Å². The van der Waals surface area contributed by atoms with Gasteiger partial charge in [-0.05, 0) is 67.9 Å². The first-order valence-electron chi connectivity index (χ1n) is 18.0. The van der Waals surface area contributed by atoms with E-state index in [-0.39, 0.29) is 37.5 Å². The van der Waals surface area contributed by atoms with Crippen LogP contribution >= 0.6 is 0 Å². The number of carbonyl (C=O) groups excluding carboxylic acids is 3. The van der Waals surface area contributed by atoms with E-state index in [1.807, 2.05) is 68.5 Å². The summed E-state index contributed by atoms with van der Waals surface area (Å²) in [6.07, 6.45) is -0.136. The minimum Gasteiger partial charge on any atom is -0.479 e. The number of esters is 2. The van der Waals surface area contributed by atoms with Gasteiger partial charge in [-0.2, -0.15) is 0 Å². The largest absolute Gasteiger partial charge is 0.479 e. The molecule has 54 heavy (non-hydrogen) atoms. The molecule has 0 saturated carbocycles. The van der Waals surface area contributed by atoms with Crippen LogP contribution in [0.25, 0.3) is 0 Å². The van der Waals surface area contributed by atoms with Crippen LogP contribution in [-0.2, 0) is 60.6 Å². The maximum absolute atomic E-state index is 14.1. The van der Waals surface area contributed by atoms with Crippen LogP contribution in [0.1, 0.15) is 76.8 Å². The Labute approximate surface area is 313 Å². The number of aryl methyl sites for hydroxylation is 1. The molecule has 14 heteroatoms. The highest BCUT2D eigenvalue weighted by molar-refractivity contribution is 6.07. The monoisotopic (exact) mass is 752 g/mol. The molecule has 4 rings (SSSR count). The molecule has 4 N–H and O–H groups in total. The molecule has 0 spiro atoms. The van der Waals surface area contributed by atoms with Gasteiger partial charge in [-0.25, -0.2) is 14.4 Å². The third kappa shape index (κ3) is 9.05. The van der Waals surface area contributed by atoms with Crippen LogP contribution in [0.15, 0.2) is 72.8 Å². The lowest BCUT2D eigenvalue weighted by Gasteiger charge is -2.47. The molecule has 0 aromatic heterocycles. The van der Waals surface area contributed by atoms with E-state index < -0.39 is 77.4 Å². The highest BCUT2D eigenvalue weighted by Crippen LogP contribution is 2.54. The van der Waals surface area contributed by atoms with Crippen molar-refractivity contribution in [3.05, 3.63) is 83.9 Å². The Morgan fingerprint density at radius 3 is 2.09 bits per heavy atom.